The molecule has 0 spiro atoms. The maximum Gasteiger partial charge on any atom is 0.179 e. The topological polar surface area (TPSA) is 3.24 Å². The highest BCUT2D eigenvalue weighted by atomic mass is 28.3. The Bertz CT molecular complexity index is 4810. The summed E-state index contributed by atoms with van der Waals surface area (Å²) in [6.45, 7) is 0. The summed E-state index contributed by atoms with van der Waals surface area (Å²) in [4.78, 5) is 2.50. The van der Waals surface area contributed by atoms with E-state index in [1.165, 1.54) is 97.9 Å². The van der Waals surface area contributed by atoms with Crippen LogP contribution in [0, 0.1) is 0 Å². The van der Waals surface area contributed by atoms with Crippen LogP contribution < -0.4 is 25.6 Å². The monoisotopic (exact) mass is 1140 g/mol. The van der Waals surface area contributed by atoms with Crippen LogP contribution in [0.15, 0.2) is 370 Å². The third-order valence-corrected chi connectivity index (χ3v) is 22.4. The van der Waals surface area contributed by atoms with E-state index in [0.29, 0.717) is 0 Å². The van der Waals surface area contributed by atoms with Crippen molar-refractivity contribution in [1.29, 1.82) is 0 Å². The highest BCUT2D eigenvalue weighted by Crippen LogP contribution is 2.52. The molecule has 0 unspecified atom stereocenters. The number of benzene rings is 15. The van der Waals surface area contributed by atoms with Crippen molar-refractivity contribution in [3.05, 3.63) is 370 Å². The van der Waals surface area contributed by atoms with E-state index in [1.807, 2.05) is 0 Å². The van der Waals surface area contributed by atoms with E-state index < -0.39 is 8.07 Å². The Morgan fingerprint density at radius 3 is 1.15 bits per heavy atom. The fraction of sp³-hybridized carbons (Fsp3) is 0. The van der Waals surface area contributed by atoms with Crippen molar-refractivity contribution < 1.29 is 0 Å². The third kappa shape index (κ3) is 9.72. The van der Waals surface area contributed by atoms with Crippen molar-refractivity contribution in [2.75, 3.05) is 4.90 Å². The van der Waals surface area contributed by atoms with Gasteiger partial charge in [0.1, 0.15) is 0 Å². The Hall–Kier alpha value is -11.2. The van der Waals surface area contributed by atoms with Gasteiger partial charge in [0.2, 0.25) is 0 Å². The molecule has 15 aromatic carbocycles. The van der Waals surface area contributed by atoms with E-state index in [0.717, 1.165) is 39.3 Å². The van der Waals surface area contributed by atoms with E-state index in [4.69, 9.17) is 0 Å². The average molecular weight is 1140 g/mol. The number of para-hydroxylation sites is 1. The van der Waals surface area contributed by atoms with Gasteiger partial charge in [-0.15, -0.1) is 0 Å². The Balaban J connectivity index is 0.969. The molecule has 15 aromatic rings. The van der Waals surface area contributed by atoms with Crippen LogP contribution in [0.5, 0.6) is 0 Å². The van der Waals surface area contributed by atoms with Crippen LogP contribution in [-0.2, 0) is 0 Å². The lowest BCUT2D eigenvalue weighted by molar-refractivity contribution is 1.29. The van der Waals surface area contributed by atoms with Gasteiger partial charge in [-0.1, -0.05) is 334 Å². The molecule has 0 N–H and O–H groups in total. The second-order valence-electron chi connectivity index (χ2n) is 22.6. The number of hydrogen-bond acceptors (Lipinski definition) is 1. The van der Waals surface area contributed by atoms with Crippen LogP contribution in [-0.4, -0.2) is 8.07 Å². The second-order valence-corrected chi connectivity index (χ2v) is 26.4. The molecule has 0 aliphatic rings. The van der Waals surface area contributed by atoms with E-state index in [2.05, 4.69) is 375 Å². The largest absolute Gasteiger partial charge is 0.310 e. The zero-order valence-corrected chi connectivity index (χ0v) is 49.7. The molecule has 0 fully saturated rings. The summed E-state index contributed by atoms with van der Waals surface area (Å²) >= 11 is 0. The van der Waals surface area contributed by atoms with Crippen LogP contribution in [0.25, 0.3) is 99.4 Å². The van der Waals surface area contributed by atoms with Gasteiger partial charge in [0.15, 0.2) is 8.07 Å². The van der Waals surface area contributed by atoms with E-state index in [9.17, 15) is 0 Å². The van der Waals surface area contributed by atoms with Crippen molar-refractivity contribution in [3.8, 4) is 77.9 Å². The molecule has 0 atom stereocenters. The molecular formula is C86H61NSi. The van der Waals surface area contributed by atoms with Gasteiger partial charge in [-0.3, -0.25) is 0 Å². The zero-order valence-electron chi connectivity index (χ0n) is 48.7. The molecule has 0 amide bonds. The smallest absolute Gasteiger partial charge is 0.179 e. The Morgan fingerprint density at radius 1 is 0.193 bits per heavy atom. The van der Waals surface area contributed by atoms with Crippen LogP contribution in [0.3, 0.4) is 0 Å². The van der Waals surface area contributed by atoms with Crippen LogP contribution >= 0.6 is 0 Å². The van der Waals surface area contributed by atoms with Gasteiger partial charge in [-0.05, 0) is 151 Å². The Kier molecular flexibility index (Phi) is 14.4. The summed E-state index contributed by atoms with van der Waals surface area (Å²) in [5.41, 5.74) is 19.7. The van der Waals surface area contributed by atoms with Crippen LogP contribution in [0.2, 0.25) is 0 Å². The minimum absolute atomic E-state index is 1.06. The molecule has 88 heavy (non-hydrogen) atoms. The first kappa shape index (κ1) is 53.6. The molecule has 2 heteroatoms. The molecule has 0 radical (unpaired) electrons. The summed E-state index contributed by atoms with van der Waals surface area (Å²) in [5, 5.41) is 10.2. The molecule has 0 aromatic heterocycles. The highest BCUT2D eigenvalue weighted by molar-refractivity contribution is 7.20. The van der Waals surface area contributed by atoms with Crippen LogP contribution in [0.4, 0.5) is 17.1 Å². The predicted molar refractivity (Wildman–Crippen MR) is 378 cm³/mol. The van der Waals surface area contributed by atoms with Gasteiger partial charge < -0.3 is 4.90 Å². The summed E-state index contributed by atoms with van der Waals surface area (Å²) in [6.07, 6.45) is 0. The van der Waals surface area contributed by atoms with Crippen molar-refractivity contribution >= 4 is 67.4 Å². The minimum atomic E-state index is -2.94. The first-order chi connectivity index (χ1) is 43.7. The number of fused-ring (bicyclic) bond motifs is 2. The van der Waals surface area contributed by atoms with Crippen molar-refractivity contribution in [2.24, 2.45) is 0 Å². The molecule has 1 nitrogen and oxygen atoms in total. The summed E-state index contributed by atoms with van der Waals surface area (Å²) in [6, 6.07) is 137. The van der Waals surface area contributed by atoms with E-state index in [-0.39, 0.29) is 0 Å². The Labute approximate surface area is 517 Å². The minimum Gasteiger partial charge on any atom is -0.310 e. The number of hydrogen-bond donors (Lipinski definition) is 0. The maximum absolute atomic E-state index is 2.94. The van der Waals surface area contributed by atoms with Crippen molar-refractivity contribution in [3.63, 3.8) is 0 Å². The van der Waals surface area contributed by atoms with Gasteiger partial charge in [0, 0.05) is 16.9 Å². The van der Waals surface area contributed by atoms with Crippen LogP contribution in [0.1, 0.15) is 0 Å². The SMILES string of the molecule is c1ccc(-c2c(-c3ccccc3)c(-c3ccccc3)c3cc(-c4ccccc4-c4ccccc4N(c4ccc(-c5cccc6ccccc56)cc4)c4cccc([Si](c5ccccc5)(c5ccccc5)c5ccccc5)c4)ccc3c2-c2ccccc2)cc1. The van der Waals surface area contributed by atoms with E-state index >= 15 is 0 Å². The first-order valence-electron chi connectivity index (χ1n) is 30.4. The fourth-order valence-corrected chi connectivity index (χ4v) is 18.5. The van der Waals surface area contributed by atoms with E-state index in [1.54, 1.807) is 0 Å². The van der Waals surface area contributed by atoms with Gasteiger partial charge in [0.25, 0.3) is 0 Å². The lowest BCUT2D eigenvalue weighted by Gasteiger charge is -2.36. The average Bonchev–Trinajstić information content (AvgIpc) is 0.853. The molecule has 0 aliphatic carbocycles. The first-order valence-corrected chi connectivity index (χ1v) is 32.4. The molecular weight excluding hydrogens is 1080 g/mol. The lowest BCUT2D eigenvalue weighted by atomic mass is 9.78. The molecule has 0 saturated heterocycles. The zero-order chi connectivity index (χ0) is 58.6. The van der Waals surface area contributed by atoms with Gasteiger partial charge in [0.05, 0.1) is 5.69 Å². The lowest BCUT2D eigenvalue weighted by Crippen LogP contribution is -2.74. The summed E-state index contributed by atoms with van der Waals surface area (Å²) in [5.74, 6) is 0. The van der Waals surface area contributed by atoms with Crippen molar-refractivity contribution in [2.45, 2.75) is 0 Å². The molecule has 0 saturated carbocycles. The molecule has 15 rings (SSSR count). The molecule has 0 heterocycles. The normalized spacial score (nSPS) is 11.4. The number of rotatable bonds is 14. The summed E-state index contributed by atoms with van der Waals surface area (Å²) in [7, 11) is -2.94. The Morgan fingerprint density at radius 2 is 0.591 bits per heavy atom. The molecule has 414 valence electrons. The summed E-state index contributed by atoms with van der Waals surface area (Å²) < 4.78 is 0. The number of nitrogens with zero attached hydrogens (tertiary/aromatic N) is 1. The van der Waals surface area contributed by atoms with Gasteiger partial charge in [-0.2, -0.15) is 0 Å². The predicted octanol–water partition coefficient (Wildman–Crippen LogP) is 20.5. The number of anilines is 3. The second kappa shape index (κ2) is 23.7. The fourth-order valence-electron chi connectivity index (χ4n) is 13.8. The molecule has 0 aliphatic heterocycles. The standard InChI is InChI=1S/C86H61NSi/c1-8-31-64(32-9-1)83-80-59-56-68(60-81(80)84(65-33-10-2-11-34-65)86(67-37-14-4-15-38-67)85(83)66-35-12-3-13-36-66)77-49-24-25-50-78(77)79-51-26-27-53-82(79)87(69-57-54-63(55-58-69)76-52-28-39-62-30-22-23-48-75(62)76)70-40-29-47-74(61-70)88(71-41-16-5-17-42-71,72-43-18-6-19-44-72)73-45-20-7-21-46-73/h1-61H. The van der Waals surface area contributed by atoms with Gasteiger partial charge in [-0.25, -0.2) is 0 Å². The van der Waals surface area contributed by atoms with Crippen molar-refractivity contribution in [1.82, 2.24) is 0 Å². The third-order valence-electron chi connectivity index (χ3n) is 17.6. The highest BCUT2D eigenvalue weighted by Gasteiger charge is 2.42. The molecule has 0 bridgehead atoms. The van der Waals surface area contributed by atoms with Gasteiger partial charge >= 0.3 is 0 Å². The quantitative estimate of drug-likeness (QED) is 0.0775. The maximum atomic E-state index is 2.50.